The van der Waals surface area contributed by atoms with Crippen molar-refractivity contribution in [3.05, 3.63) is 59.7 Å². The zero-order valence-electron chi connectivity index (χ0n) is 14.6. The van der Waals surface area contributed by atoms with Crippen LogP contribution >= 0.6 is 0 Å². The molecule has 0 heterocycles. The van der Waals surface area contributed by atoms with Crippen LogP contribution in [-0.2, 0) is 0 Å². The van der Waals surface area contributed by atoms with Gasteiger partial charge in [0.1, 0.15) is 0 Å². The van der Waals surface area contributed by atoms with Gasteiger partial charge in [0.2, 0.25) is 0 Å². The van der Waals surface area contributed by atoms with Crippen molar-refractivity contribution in [2.75, 3.05) is 0 Å². The second-order valence-electron chi connectivity index (χ2n) is 3.90. The maximum Gasteiger partial charge on any atom is 0.0245 e. The van der Waals surface area contributed by atoms with E-state index in [0.717, 1.165) is 11.1 Å². The molecule has 0 atom stereocenters. The summed E-state index contributed by atoms with van der Waals surface area (Å²) < 4.78 is 0. The first-order chi connectivity index (χ1) is 10.8. The maximum atomic E-state index is 3.04. The third-order valence-electron chi connectivity index (χ3n) is 2.64. The Morgan fingerprint density at radius 1 is 0.500 bits per heavy atom. The number of hydrogen-bond acceptors (Lipinski definition) is 0. The highest BCUT2D eigenvalue weighted by molar-refractivity contribution is 5.65. The van der Waals surface area contributed by atoms with Crippen LogP contribution in [0, 0.1) is 23.7 Å². The molecule has 0 spiro atoms. The largest absolute Gasteiger partial charge is 0.101 e. The molecule has 0 unspecified atom stereocenters. The molecule has 0 N–H and O–H groups in total. The van der Waals surface area contributed by atoms with E-state index in [0.29, 0.717) is 0 Å². The highest BCUT2D eigenvalue weighted by Crippen LogP contribution is 2.20. The topological polar surface area (TPSA) is 0 Å². The van der Waals surface area contributed by atoms with Crippen molar-refractivity contribution in [2.45, 2.75) is 41.5 Å². The van der Waals surface area contributed by atoms with E-state index < -0.39 is 0 Å². The summed E-state index contributed by atoms with van der Waals surface area (Å²) in [5, 5.41) is 0. The van der Waals surface area contributed by atoms with Crippen molar-refractivity contribution in [3.63, 3.8) is 0 Å². The van der Waals surface area contributed by atoms with Crippen molar-refractivity contribution in [1.29, 1.82) is 0 Å². The average Bonchev–Trinajstić information content (AvgIpc) is 2.61. The van der Waals surface area contributed by atoms with Crippen molar-refractivity contribution in [1.82, 2.24) is 0 Å². The van der Waals surface area contributed by atoms with Gasteiger partial charge in [-0.05, 0) is 49.2 Å². The highest BCUT2D eigenvalue weighted by atomic mass is 14.0. The van der Waals surface area contributed by atoms with Crippen LogP contribution in [0.5, 0.6) is 0 Å². The highest BCUT2D eigenvalue weighted by Gasteiger charge is 1.97. The normalized spacial score (nSPS) is 7.73. The summed E-state index contributed by atoms with van der Waals surface area (Å²) in [4.78, 5) is 0. The van der Waals surface area contributed by atoms with Gasteiger partial charge in [0.15, 0.2) is 0 Å². The summed E-state index contributed by atoms with van der Waals surface area (Å²) in [5.74, 6) is 11.9. The van der Waals surface area contributed by atoms with Gasteiger partial charge < -0.3 is 0 Å². The Bertz CT molecular complexity index is 574. The van der Waals surface area contributed by atoms with E-state index in [1.165, 1.54) is 11.1 Å². The minimum Gasteiger partial charge on any atom is -0.101 e. The molecule has 0 nitrogen and oxygen atoms in total. The first-order valence-electron chi connectivity index (χ1n) is 7.89. The Morgan fingerprint density at radius 2 is 0.773 bits per heavy atom. The van der Waals surface area contributed by atoms with Gasteiger partial charge in [0.25, 0.3) is 0 Å². The fraction of sp³-hybridized carbons (Fsp3) is 0.273. The molecule has 0 heteroatoms. The Kier molecular flexibility index (Phi) is 10.9. The molecule has 0 aliphatic heterocycles. The van der Waals surface area contributed by atoms with Gasteiger partial charge in [0, 0.05) is 11.1 Å². The number of benzene rings is 2. The molecule has 22 heavy (non-hydrogen) atoms. The molecular weight excluding hydrogens is 264 g/mol. The van der Waals surface area contributed by atoms with Gasteiger partial charge >= 0.3 is 0 Å². The summed E-state index contributed by atoms with van der Waals surface area (Å²) in [6, 6.07) is 16.6. The van der Waals surface area contributed by atoms with E-state index in [1.54, 1.807) is 0 Å². The van der Waals surface area contributed by atoms with Crippen LogP contribution < -0.4 is 0 Å². The van der Waals surface area contributed by atoms with Gasteiger partial charge in [-0.1, -0.05) is 63.8 Å². The molecule has 0 amide bonds. The average molecular weight is 290 g/mol. The quantitative estimate of drug-likeness (QED) is 0.553. The van der Waals surface area contributed by atoms with Gasteiger partial charge in [0.05, 0.1) is 0 Å². The summed E-state index contributed by atoms with van der Waals surface area (Å²) in [6.07, 6.45) is 0. The molecule has 0 saturated carbocycles. The third-order valence-corrected chi connectivity index (χ3v) is 2.64. The zero-order chi connectivity index (χ0) is 16.8. The first kappa shape index (κ1) is 19.6. The molecule has 0 bridgehead atoms. The minimum atomic E-state index is 1.05. The van der Waals surface area contributed by atoms with Crippen LogP contribution in [0.4, 0.5) is 0 Å². The molecule has 0 saturated heterocycles. The monoisotopic (exact) mass is 290 g/mol. The van der Waals surface area contributed by atoms with E-state index in [-0.39, 0.29) is 0 Å². The van der Waals surface area contributed by atoms with Crippen LogP contribution in [0.15, 0.2) is 48.5 Å². The van der Waals surface area contributed by atoms with Crippen LogP contribution in [-0.4, -0.2) is 0 Å². The molecule has 0 aromatic heterocycles. The Morgan fingerprint density at radius 3 is 1.00 bits per heavy atom. The van der Waals surface area contributed by atoms with Gasteiger partial charge in [-0.25, -0.2) is 0 Å². The molecule has 2 rings (SSSR count). The second kappa shape index (κ2) is 12.3. The standard InChI is InChI=1S/C18H14.2C2H6/c1-3-5-15-7-11-17(12-8-15)18-13-9-16(6-4-2)10-14-18;2*1-2/h7-14H,1-2H3;2*1-2H3. The Labute approximate surface area is 136 Å². The molecule has 114 valence electrons. The Hall–Kier alpha value is -2.44. The predicted octanol–water partition coefficient (Wildman–Crippen LogP) is 6.15. The lowest BCUT2D eigenvalue weighted by molar-refractivity contribution is 1.50. The lowest BCUT2D eigenvalue weighted by Crippen LogP contribution is -1.80. The summed E-state index contributed by atoms with van der Waals surface area (Å²) >= 11 is 0. The van der Waals surface area contributed by atoms with Gasteiger partial charge in [-0.3, -0.25) is 0 Å². The van der Waals surface area contributed by atoms with Gasteiger partial charge in [-0.15, -0.1) is 11.8 Å². The van der Waals surface area contributed by atoms with Crippen LogP contribution in [0.3, 0.4) is 0 Å². The summed E-state index contributed by atoms with van der Waals surface area (Å²) in [6.45, 7) is 11.7. The van der Waals surface area contributed by atoms with E-state index in [9.17, 15) is 0 Å². The number of rotatable bonds is 1. The van der Waals surface area contributed by atoms with E-state index >= 15 is 0 Å². The van der Waals surface area contributed by atoms with Crippen LogP contribution in [0.25, 0.3) is 11.1 Å². The van der Waals surface area contributed by atoms with Crippen molar-refractivity contribution in [3.8, 4) is 34.8 Å². The fourth-order valence-electron chi connectivity index (χ4n) is 1.78. The summed E-state index contributed by atoms with van der Waals surface area (Å²) in [5.41, 5.74) is 4.50. The van der Waals surface area contributed by atoms with E-state index in [4.69, 9.17) is 0 Å². The molecule has 2 aromatic rings. The van der Waals surface area contributed by atoms with Gasteiger partial charge in [-0.2, -0.15) is 0 Å². The molecular formula is C22H26. The van der Waals surface area contributed by atoms with E-state index in [1.807, 2.05) is 65.8 Å². The molecule has 2 aromatic carbocycles. The summed E-state index contributed by atoms with van der Waals surface area (Å²) in [7, 11) is 0. The second-order valence-corrected chi connectivity index (χ2v) is 3.90. The third kappa shape index (κ3) is 6.34. The van der Waals surface area contributed by atoms with Crippen molar-refractivity contribution >= 4 is 0 Å². The zero-order valence-corrected chi connectivity index (χ0v) is 14.6. The van der Waals surface area contributed by atoms with Crippen LogP contribution in [0.1, 0.15) is 52.7 Å². The van der Waals surface area contributed by atoms with Crippen LogP contribution in [0.2, 0.25) is 0 Å². The minimum absolute atomic E-state index is 1.05. The Balaban J connectivity index is 0.00000102. The number of hydrogen-bond donors (Lipinski definition) is 0. The molecule has 0 aliphatic carbocycles. The maximum absolute atomic E-state index is 3.04. The van der Waals surface area contributed by atoms with Crippen molar-refractivity contribution < 1.29 is 0 Å². The van der Waals surface area contributed by atoms with E-state index in [2.05, 4.69) is 47.9 Å². The molecule has 0 aliphatic rings. The van der Waals surface area contributed by atoms with Crippen molar-refractivity contribution in [2.24, 2.45) is 0 Å². The smallest absolute Gasteiger partial charge is 0.0245 e. The molecule has 0 fully saturated rings. The fourth-order valence-corrected chi connectivity index (χ4v) is 1.78. The SMILES string of the molecule is CC.CC.CC#Cc1ccc(-c2ccc(C#CC)cc2)cc1. The lowest BCUT2D eigenvalue weighted by Gasteiger charge is -2.02. The first-order valence-corrected chi connectivity index (χ1v) is 7.89. The lowest BCUT2D eigenvalue weighted by atomic mass is 10.0. The predicted molar refractivity (Wildman–Crippen MR) is 99.7 cm³/mol. The molecule has 0 radical (unpaired) electrons.